The maximum absolute atomic E-state index is 13.0. The van der Waals surface area contributed by atoms with Gasteiger partial charge in [0.25, 0.3) is 0 Å². The summed E-state index contributed by atoms with van der Waals surface area (Å²) in [5.74, 6) is 2.63. The van der Waals surface area contributed by atoms with E-state index in [1.54, 1.807) is 39.7 Å². The van der Waals surface area contributed by atoms with Gasteiger partial charge in [0, 0.05) is 63.0 Å². The Labute approximate surface area is 275 Å². The number of hydrogen-bond donors (Lipinski definition) is 3. The Morgan fingerprint density at radius 2 is 1.30 bits per heavy atom. The molecule has 0 radical (unpaired) electrons. The number of anilines is 3. The van der Waals surface area contributed by atoms with Gasteiger partial charge in [-0.05, 0) is 35.4 Å². The van der Waals surface area contributed by atoms with Gasteiger partial charge in [0.05, 0.1) is 21.3 Å². The number of nitrogens with zero attached hydrogens (tertiary/aromatic N) is 3. The van der Waals surface area contributed by atoms with Crippen LogP contribution in [0.5, 0.6) is 17.2 Å². The number of ether oxygens (including phenoxy) is 3. The molecule has 4 aromatic rings. The lowest BCUT2D eigenvalue weighted by atomic mass is 9.85. The number of carbonyl (C=O) groups excluding carboxylic acids is 2. The second-order valence-electron chi connectivity index (χ2n) is 11.6. The summed E-state index contributed by atoms with van der Waals surface area (Å²) in [4.78, 5) is 37.5. The van der Waals surface area contributed by atoms with Crippen molar-refractivity contribution >= 4 is 29.3 Å². The highest BCUT2D eigenvalue weighted by Gasteiger charge is 2.31. The Bertz CT molecular complexity index is 1530. The molecule has 11 heteroatoms. The fraction of sp³-hybridized carbons (Fsp3) is 0.333. The van der Waals surface area contributed by atoms with Crippen LogP contribution in [0.1, 0.15) is 30.4 Å². The van der Waals surface area contributed by atoms with Gasteiger partial charge in [0.15, 0.2) is 11.5 Å². The summed E-state index contributed by atoms with van der Waals surface area (Å²) in [7, 11) is 4.68. The zero-order chi connectivity index (χ0) is 33.0. The van der Waals surface area contributed by atoms with Gasteiger partial charge in [-0.25, -0.2) is 4.98 Å². The number of benzene rings is 3. The molecule has 3 aromatic carbocycles. The van der Waals surface area contributed by atoms with Crippen LogP contribution in [0.4, 0.5) is 17.5 Å². The first kappa shape index (κ1) is 33.1. The molecule has 1 fully saturated rings. The monoisotopic (exact) mass is 638 g/mol. The molecule has 0 spiro atoms. The lowest BCUT2D eigenvalue weighted by Gasteiger charge is -2.38. The molecule has 47 heavy (non-hydrogen) atoms. The lowest BCUT2D eigenvalue weighted by molar-refractivity contribution is -0.122. The van der Waals surface area contributed by atoms with E-state index in [2.05, 4.69) is 25.8 Å². The van der Waals surface area contributed by atoms with Crippen molar-refractivity contribution in [2.24, 2.45) is 11.8 Å². The third-order valence-corrected chi connectivity index (χ3v) is 8.12. The minimum absolute atomic E-state index is 0.0135. The lowest BCUT2D eigenvalue weighted by Crippen LogP contribution is -2.44. The van der Waals surface area contributed by atoms with Crippen LogP contribution >= 0.6 is 0 Å². The molecule has 0 saturated carbocycles. The first-order chi connectivity index (χ1) is 22.9. The molecular weight excluding hydrogens is 596 g/mol. The highest BCUT2D eigenvalue weighted by molar-refractivity contribution is 5.77. The van der Waals surface area contributed by atoms with Gasteiger partial charge in [-0.15, -0.1) is 0 Å². The number of hydrogen-bond acceptors (Lipinski definition) is 9. The number of aromatic nitrogens is 2. The van der Waals surface area contributed by atoms with E-state index >= 15 is 0 Å². The van der Waals surface area contributed by atoms with Crippen LogP contribution in [0.2, 0.25) is 0 Å². The van der Waals surface area contributed by atoms with Gasteiger partial charge in [0.1, 0.15) is 5.82 Å². The molecule has 1 aliphatic rings. The van der Waals surface area contributed by atoms with E-state index in [1.165, 1.54) is 0 Å². The molecule has 246 valence electrons. The second kappa shape index (κ2) is 16.3. The highest BCUT2D eigenvalue weighted by Crippen LogP contribution is 2.40. The SMILES string of the molecule is COc1cc(Nc2nccc(N3C[C@H](CC(=O)NCc4ccccc4)C[C@H](CC(=O)NCc4ccccc4)C3)n2)cc(OC)c1OC. The molecule has 2 amide bonds. The zero-order valence-corrected chi connectivity index (χ0v) is 27.1. The van der Waals surface area contributed by atoms with Crippen molar-refractivity contribution in [3.05, 3.63) is 96.2 Å². The fourth-order valence-electron chi connectivity index (χ4n) is 5.93. The molecule has 0 bridgehead atoms. The Morgan fingerprint density at radius 1 is 0.766 bits per heavy atom. The van der Waals surface area contributed by atoms with Gasteiger partial charge >= 0.3 is 0 Å². The standard InChI is InChI=1S/C36H42N6O5/c1-45-30-19-29(20-31(46-2)35(30)47-3)40-36-37-15-14-32(41-36)42-23-27(17-33(43)38-21-25-10-6-4-7-11-25)16-28(24-42)18-34(44)39-22-26-12-8-5-9-13-26/h4-15,19-20,27-28H,16-18,21-24H2,1-3H3,(H,38,43)(H,39,44)(H,37,40,41)/t27-,28+. The van der Waals surface area contributed by atoms with Crippen LogP contribution in [0.25, 0.3) is 0 Å². The van der Waals surface area contributed by atoms with E-state index in [1.807, 2.05) is 66.7 Å². The van der Waals surface area contributed by atoms with Gasteiger partial charge < -0.3 is 35.1 Å². The van der Waals surface area contributed by atoms with Crippen LogP contribution < -0.4 is 35.1 Å². The summed E-state index contributed by atoms with van der Waals surface area (Å²) < 4.78 is 16.4. The largest absolute Gasteiger partial charge is 0.493 e. The summed E-state index contributed by atoms with van der Waals surface area (Å²) in [6, 6.07) is 25.1. The molecule has 5 rings (SSSR count). The van der Waals surface area contributed by atoms with Crippen molar-refractivity contribution < 1.29 is 23.8 Å². The minimum Gasteiger partial charge on any atom is -0.493 e. The van der Waals surface area contributed by atoms with E-state index in [9.17, 15) is 9.59 Å². The highest BCUT2D eigenvalue weighted by atomic mass is 16.5. The molecule has 1 saturated heterocycles. The average molecular weight is 639 g/mol. The molecule has 2 heterocycles. The van der Waals surface area contributed by atoms with E-state index in [0.717, 1.165) is 17.5 Å². The van der Waals surface area contributed by atoms with E-state index in [-0.39, 0.29) is 23.7 Å². The van der Waals surface area contributed by atoms with Crippen molar-refractivity contribution in [2.45, 2.75) is 32.4 Å². The molecule has 0 unspecified atom stereocenters. The molecule has 11 nitrogen and oxygen atoms in total. The molecule has 2 atom stereocenters. The minimum atomic E-state index is -0.0135. The smallest absolute Gasteiger partial charge is 0.229 e. The van der Waals surface area contributed by atoms with Gasteiger partial charge in [-0.2, -0.15) is 4.98 Å². The summed E-state index contributed by atoms with van der Waals surface area (Å²) in [6.45, 7) is 2.20. The number of carbonyl (C=O) groups is 2. The quantitative estimate of drug-likeness (QED) is 0.173. The summed E-state index contributed by atoms with van der Waals surface area (Å²) >= 11 is 0. The second-order valence-corrected chi connectivity index (χ2v) is 11.6. The fourth-order valence-corrected chi connectivity index (χ4v) is 5.93. The summed E-state index contributed by atoms with van der Waals surface area (Å²) in [5, 5.41) is 9.36. The zero-order valence-electron chi connectivity index (χ0n) is 27.1. The first-order valence-corrected chi connectivity index (χ1v) is 15.7. The Hall–Kier alpha value is -5.32. The van der Waals surface area contributed by atoms with Gasteiger partial charge in [0.2, 0.25) is 23.5 Å². The van der Waals surface area contributed by atoms with E-state index in [4.69, 9.17) is 19.2 Å². The van der Waals surface area contributed by atoms with E-state index in [0.29, 0.717) is 73.7 Å². The Morgan fingerprint density at radius 3 is 1.79 bits per heavy atom. The Kier molecular flexibility index (Phi) is 11.5. The summed E-state index contributed by atoms with van der Waals surface area (Å²) in [5.41, 5.74) is 2.76. The topological polar surface area (TPSA) is 127 Å². The third-order valence-electron chi connectivity index (χ3n) is 8.12. The molecule has 1 aromatic heterocycles. The van der Waals surface area contributed by atoms with Crippen LogP contribution in [0.3, 0.4) is 0 Å². The van der Waals surface area contributed by atoms with Crippen LogP contribution in [0, 0.1) is 11.8 Å². The maximum atomic E-state index is 13.0. The predicted octanol–water partition coefficient (Wildman–Crippen LogP) is 5.10. The number of nitrogens with one attached hydrogen (secondary N) is 3. The van der Waals surface area contributed by atoms with Crippen molar-refractivity contribution in [3.8, 4) is 17.2 Å². The van der Waals surface area contributed by atoms with Crippen molar-refractivity contribution in [1.82, 2.24) is 20.6 Å². The molecular formula is C36H42N6O5. The van der Waals surface area contributed by atoms with Crippen LogP contribution in [-0.4, -0.2) is 56.2 Å². The molecule has 3 N–H and O–H groups in total. The number of amides is 2. The van der Waals surface area contributed by atoms with Crippen molar-refractivity contribution in [3.63, 3.8) is 0 Å². The number of rotatable bonds is 14. The Balaban J connectivity index is 1.29. The first-order valence-electron chi connectivity index (χ1n) is 15.7. The van der Waals surface area contributed by atoms with Crippen LogP contribution in [0.15, 0.2) is 85.1 Å². The molecule has 1 aliphatic heterocycles. The normalized spacial score (nSPS) is 15.8. The van der Waals surface area contributed by atoms with Crippen LogP contribution in [-0.2, 0) is 22.7 Å². The van der Waals surface area contributed by atoms with Gasteiger partial charge in [-0.3, -0.25) is 9.59 Å². The average Bonchev–Trinajstić information content (AvgIpc) is 3.10. The van der Waals surface area contributed by atoms with Crippen molar-refractivity contribution in [1.29, 1.82) is 0 Å². The van der Waals surface area contributed by atoms with Gasteiger partial charge in [-0.1, -0.05) is 60.7 Å². The number of methoxy groups -OCH3 is 3. The van der Waals surface area contributed by atoms with E-state index < -0.39 is 0 Å². The third kappa shape index (κ3) is 9.35. The molecule has 0 aliphatic carbocycles. The predicted molar refractivity (Wildman–Crippen MR) is 181 cm³/mol. The maximum Gasteiger partial charge on any atom is 0.229 e. The summed E-state index contributed by atoms with van der Waals surface area (Å²) in [6.07, 6.45) is 3.16. The van der Waals surface area contributed by atoms with Crippen molar-refractivity contribution in [2.75, 3.05) is 44.6 Å². The number of piperidine rings is 1.